The third kappa shape index (κ3) is 5.54. The first kappa shape index (κ1) is 36.5. The van der Waals surface area contributed by atoms with E-state index in [9.17, 15) is 0 Å². The number of fused-ring (bicyclic) bond motifs is 11. The Morgan fingerprint density at radius 3 is 1.67 bits per heavy atom. The van der Waals surface area contributed by atoms with Crippen molar-refractivity contribution in [1.29, 1.82) is 0 Å². The fraction of sp³-hybridized carbons (Fsp3) is 0.0492. The fourth-order valence-electron chi connectivity index (χ4n) is 10.5. The number of hydrogen-bond acceptors (Lipinski definition) is 3. The third-order valence-electron chi connectivity index (χ3n) is 13.7. The summed E-state index contributed by atoms with van der Waals surface area (Å²) in [6.07, 6.45) is 0. The zero-order chi connectivity index (χ0) is 42.5. The average Bonchev–Trinajstić information content (AvgIpc) is 4.00. The van der Waals surface area contributed by atoms with Gasteiger partial charge in [-0.3, -0.25) is 0 Å². The lowest BCUT2D eigenvalue weighted by molar-refractivity contribution is 0.660. The first-order chi connectivity index (χ1) is 31.5. The van der Waals surface area contributed by atoms with Gasteiger partial charge in [0.2, 0.25) is 0 Å². The van der Waals surface area contributed by atoms with Crippen molar-refractivity contribution >= 4 is 71.7 Å². The molecule has 10 aromatic carbocycles. The van der Waals surface area contributed by atoms with E-state index in [2.05, 4.69) is 219 Å². The van der Waals surface area contributed by atoms with Crippen molar-refractivity contribution < 1.29 is 8.83 Å². The Morgan fingerprint density at radius 1 is 0.344 bits per heavy atom. The average molecular weight is 820 g/mol. The smallest absolute Gasteiger partial charge is 0.143 e. The molecule has 0 saturated carbocycles. The summed E-state index contributed by atoms with van der Waals surface area (Å²) in [5.74, 6) is 0. The first-order valence-electron chi connectivity index (χ1n) is 22.1. The van der Waals surface area contributed by atoms with Crippen LogP contribution in [0, 0.1) is 0 Å². The van der Waals surface area contributed by atoms with Crippen LogP contribution < -0.4 is 4.90 Å². The molecule has 64 heavy (non-hydrogen) atoms. The predicted octanol–water partition coefficient (Wildman–Crippen LogP) is 17.4. The van der Waals surface area contributed by atoms with Gasteiger partial charge < -0.3 is 13.7 Å². The number of anilines is 3. The van der Waals surface area contributed by atoms with Gasteiger partial charge in [-0.1, -0.05) is 166 Å². The maximum absolute atomic E-state index is 6.75. The van der Waals surface area contributed by atoms with Crippen LogP contribution in [0.2, 0.25) is 0 Å². The highest BCUT2D eigenvalue weighted by molar-refractivity contribution is 6.17. The van der Waals surface area contributed by atoms with Gasteiger partial charge in [0, 0.05) is 55.0 Å². The lowest BCUT2D eigenvalue weighted by Crippen LogP contribution is -2.14. The molecule has 302 valence electrons. The standard InChI is InChI=1S/C61H41NO2/c1-61(2)54-18-7-5-14-52(54)58-46(15-10-19-55(58)61)40-23-31-44(32-24-40)62(43-29-21-38(22-30-43)42-28-36-57-53(37-42)49-13-6-8-20-56(49)63-57)45-33-25-41(26-34-45)48-16-9-17-50-51-35-27-39-11-3-4-12-47(39)60(51)64-59(48)50/h3-37H,1-2H3. The second-order valence-corrected chi connectivity index (χ2v) is 17.6. The number of rotatable bonds is 6. The second kappa shape index (κ2) is 13.9. The molecular weight excluding hydrogens is 779 g/mol. The molecule has 1 aliphatic carbocycles. The molecule has 3 nitrogen and oxygen atoms in total. The van der Waals surface area contributed by atoms with Crippen LogP contribution in [-0.4, -0.2) is 0 Å². The molecular formula is C61H41NO2. The van der Waals surface area contributed by atoms with E-state index in [0.29, 0.717) is 0 Å². The summed E-state index contributed by atoms with van der Waals surface area (Å²) in [5.41, 5.74) is 19.2. The molecule has 0 aliphatic heterocycles. The Morgan fingerprint density at radius 2 is 0.891 bits per heavy atom. The van der Waals surface area contributed by atoms with Crippen molar-refractivity contribution in [1.82, 2.24) is 0 Å². The molecule has 3 heteroatoms. The summed E-state index contributed by atoms with van der Waals surface area (Å²) in [5, 5.41) is 6.83. The summed E-state index contributed by atoms with van der Waals surface area (Å²) >= 11 is 0. The Hall–Kier alpha value is -8.14. The zero-order valence-electron chi connectivity index (χ0n) is 35.5. The Kier molecular flexibility index (Phi) is 7.95. The minimum atomic E-state index is -0.0562. The number of nitrogens with zero attached hydrogens (tertiary/aromatic N) is 1. The van der Waals surface area contributed by atoms with Gasteiger partial charge in [-0.2, -0.15) is 0 Å². The number of para-hydroxylation sites is 2. The maximum Gasteiger partial charge on any atom is 0.143 e. The molecule has 2 heterocycles. The van der Waals surface area contributed by atoms with Gasteiger partial charge in [0.25, 0.3) is 0 Å². The largest absolute Gasteiger partial charge is 0.456 e. The molecule has 1 aliphatic rings. The van der Waals surface area contributed by atoms with E-state index in [0.717, 1.165) is 88.6 Å². The van der Waals surface area contributed by atoms with Gasteiger partial charge in [-0.05, 0) is 116 Å². The van der Waals surface area contributed by atoms with E-state index in [-0.39, 0.29) is 5.41 Å². The molecule has 0 atom stereocenters. The minimum Gasteiger partial charge on any atom is -0.456 e. The second-order valence-electron chi connectivity index (χ2n) is 17.6. The molecule has 12 aromatic rings. The molecule has 0 spiro atoms. The van der Waals surface area contributed by atoms with Gasteiger partial charge in [0.15, 0.2) is 0 Å². The van der Waals surface area contributed by atoms with E-state index >= 15 is 0 Å². The molecule has 0 unspecified atom stereocenters. The lowest BCUT2D eigenvalue weighted by Gasteiger charge is -2.26. The molecule has 13 rings (SSSR count). The van der Waals surface area contributed by atoms with Crippen LogP contribution in [0.5, 0.6) is 0 Å². The highest BCUT2D eigenvalue weighted by atomic mass is 16.3. The molecule has 0 N–H and O–H groups in total. The van der Waals surface area contributed by atoms with Gasteiger partial charge in [0.05, 0.1) is 0 Å². The molecule has 0 fully saturated rings. The number of hydrogen-bond donors (Lipinski definition) is 0. The van der Waals surface area contributed by atoms with E-state index < -0.39 is 0 Å². The van der Waals surface area contributed by atoms with E-state index in [4.69, 9.17) is 8.83 Å². The highest BCUT2D eigenvalue weighted by Crippen LogP contribution is 2.52. The molecule has 2 aromatic heterocycles. The van der Waals surface area contributed by atoms with Crippen LogP contribution in [0.25, 0.3) is 99.2 Å². The van der Waals surface area contributed by atoms with Gasteiger partial charge >= 0.3 is 0 Å². The summed E-state index contributed by atoms with van der Waals surface area (Å²) in [7, 11) is 0. The van der Waals surface area contributed by atoms with Crippen LogP contribution in [0.15, 0.2) is 221 Å². The zero-order valence-corrected chi connectivity index (χ0v) is 35.5. The van der Waals surface area contributed by atoms with E-state index in [1.54, 1.807) is 0 Å². The van der Waals surface area contributed by atoms with Gasteiger partial charge in [0.1, 0.15) is 22.3 Å². The molecule has 0 radical (unpaired) electrons. The molecule has 0 saturated heterocycles. The minimum absolute atomic E-state index is 0.0562. The van der Waals surface area contributed by atoms with Crippen molar-refractivity contribution in [2.24, 2.45) is 0 Å². The maximum atomic E-state index is 6.75. The van der Waals surface area contributed by atoms with Crippen molar-refractivity contribution in [3.05, 3.63) is 223 Å². The highest BCUT2D eigenvalue weighted by Gasteiger charge is 2.36. The van der Waals surface area contributed by atoms with Crippen molar-refractivity contribution in [2.45, 2.75) is 19.3 Å². The van der Waals surface area contributed by atoms with Crippen LogP contribution in [0.1, 0.15) is 25.0 Å². The SMILES string of the molecule is CC1(C)c2ccccc2-c2c(-c3ccc(N(c4ccc(-c5ccc6oc7ccccc7c6c5)cc4)c4ccc(-c5cccc6c5oc5c7ccccc7ccc65)cc4)cc3)cccc21. The lowest BCUT2D eigenvalue weighted by atomic mass is 9.82. The Balaban J connectivity index is 0.907. The van der Waals surface area contributed by atoms with Crippen LogP contribution in [0.4, 0.5) is 17.1 Å². The Labute approximate surface area is 371 Å². The third-order valence-corrected chi connectivity index (χ3v) is 13.7. The summed E-state index contributed by atoms with van der Waals surface area (Å²) < 4.78 is 12.9. The van der Waals surface area contributed by atoms with Crippen molar-refractivity contribution in [3.8, 4) is 44.5 Å². The van der Waals surface area contributed by atoms with Crippen molar-refractivity contribution in [2.75, 3.05) is 4.90 Å². The van der Waals surface area contributed by atoms with Crippen LogP contribution in [0.3, 0.4) is 0 Å². The van der Waals surface area contributed by atoms with Crippen LogP contribution >= 0.6 is 0 Å². The number of benzene rings is 10. The number of furan rings is 2. The first-order valence-corrected chi connectivity index (χ1v) is 22.1. The van der Waals surface area contributed by atoms with Gasteiger partial charge in [-0.15, -0.1) is 0 Å². The van der Waals surface area contributed by atoms with E-state index in [1.807, 2.05) is 12.1 Å². The van der Waals surface area contributed by atoms with Crippen LogP contribution in [-0.2, 0) is 5.41 Å². The normalized spacial score (nSPS) is 13.0. The molecule has 0 amide bonds. The van der Waals surface area contributed by atoms with Crippen molar-refractivity contribution in [3.63, 3.8) is 0 Å². The van der Waals surface area contributed by atoms with E-state index in [1.165, 1.54) is 38.8 Å². The monoisotopic (exact) mass is 819 g/mol. The van der Waals surface area contributed by atoms with Gasteiger partial charge in [-0.25, -0.2) is 0 Å². The summed E-state index contributed by atoms with van der Waals surface area (Å²) in [6, 6.07) is 76.6. The fourth-order valence-corrected chi connectivity index (χ4v) is 10.5. The topological polar surface area (TPSA) is 29.5 Å². The quantitative estimate of drug-likeness (QED) is 0.167. The predicted molar refractivity (Wildman–Crippen MR) is 267 cm³/mol. The summed E-state index contributed by atoms with van der Waals surface area (Å²) in [4.78, 5) is 2.35. The Bertz CT molecular complexity index is 3790. The summed E-state index contributed by atoms with van der Waals surface area (Å²) in [6.45, 7) is 4.69. The molecule has 0 bridgehead atoms.